The van der Waals surface area contributed by atoms with Gasteiger partial charge in [-0.25, -0.2) is 0 Å². The molecule has 2 aromatic rings. The van der Waals surface area contributed by atoms with E-state index >= 15 is 0 Å². The minimum atomic E-state index is -0.0554. The zero-order valence-electron chi connectivity index (χ0n) is 15.8. The van der Waals surface area contributed by atoms with E-state index in [-0.39, 0.29) is 17.9 Å². The van der Waals surface area contributed by atoms with E-state index in [1.807, 2.05) is 41.3 Å². The van der Waals surface area contributed by atoms with Crippen LogP contribution in [-0.2, 0) is 4.79 Å². The smallest absolute Gasteiger partial charge is 0.254 e. The standard InChI is InChI=1S/C22H24N4O2/c27-21-20-7-4-10-26(20)19-9-8-16(15-18(19)23-21)22(28)25-13-11-24(12-14-25)17-5-2-1-3-6-17/h1-3,5-6,8-9,15,20H,4,7,10-14H2,(H,23,27)/t20-/m0/s1. The summed E-state index contributed by atoms with van der Waals surface area (Å²) in [6.45, 7) is 3.95. The molecule has 0 bridgehead atoms. The lowest BCUT2D eigenvalue weighted by Crippen LogP contribution is -2.49. The second kappa shape index (κ2) is 6.86. The van der Waals surface area contributed by atoms with E-state index in [1.54, 1.807) is 0 Å². The van der Waals surface area contributed by atoms with Crippen molar-refractivity contribution >= 4 is 28.9 Å². The maximum Gasteiger partial charge on any atom is 0.254 e. The molecule has 2 saturated heterocycles. The van der Waals surface area contributed by atoms with Gasteiger partial charge >= 0.3 is 0 Å². The number of rotatable bonds is 2. The van der Waals surface area contributed by atoms with Crippen molar-refractivity contribution in [3.05, 3.63) is 54.1 Å². The molecule has 2 fully saturated rings. The molecule has 144 valence electrons. The lowest BCUT2D eigenvalue weighted by molar-refractivity contribution is -0.117. The Morgan fingerprint density at radius 2 is 1.75 bits per heavy atom. The molecule has 2 aromatic carbocycles. The van der Waals surface area contributed by atoms with Crippen LogP contribution in [0.5, 0.6) is 0 Å². The average molecular weight is 376 g/mol. The van der Waals surface area contributed by atoms with E-state index < -0.39 is 0 Å². The van der Waals surface area contributed by atoms with Crippen molar-refractivity contribution in [2.45, 2.75) is 18.9 Å². The summed E-state index contributed by atoms with van der Waals surface area (Å²) in [5, 5.41) is 3.00. The Morgan fingerprint density at radius 3 is 2.54 bits per heavy atom. The first-order valence-electron chi connectivity index (χ1n) is 10.0. The molecule has 6 nitrogen and oxygen atoms in total. The molecule has 0 aromatic heterocycles. The Hall–Kier alpha value is -3.02. The minimum absolute atomic E-state index is 0.0355. The van der Waals surface area contributed by atoms with E-state index in [4.69, 9.17) is 0 Å². The molecule has 2 amide bonds. The topological polar surface area (TPSA) is 55.9 Å². The molecule has 0 spiro atoms. The minimum Gasteiger partial charge on any atom is -0.368 e. The van der Waals surface area contributed by atoms with Crippen LogP contribution in [0.15, 0.2) is 48.5 Å². The first kappa shape index (κ1) is 17.1. The lowest BCUT2D eigenvalue weighted by atomic mass is 10.1. The molecular formula is C22H24N4O2. The number of benzene rings is 2. The van der Waals surface area contributed by atoms with Gasteiger partial charge in [0.15, 0.2) is 0 Å². The number of carbonyl (C=O) groups excluding carboxylic acids is 2. The predicted molar refractivity (Wildman–Crippen MR) is 110 cm³/mol. The third-order valence-electron chi connectivity index (χ3n) is 6.05. The zero-order chi connectivity index (χ0) is 19.1. The third kappa shape index (κ3) is 2.89. The number of nitrogens with one attached hydrogen (secondary N) is 1. The van der Waals surface area contributed by atoms with Crippen LogP contribution >= 0.6 is 0 Å². The summed E-state index contributed by atoms with van der Waals surface area (Å²) >= 11 is 0. The summed E-state index contributed by atoms with van der Waals surface area (Å²) < 4.78 is 0. The normalized spacial score (nSPS) is 21.2. The highest BCUT2D eigenvalue weighted by Crippen LogP contribution is 2.37. The second-order valence-corrected chi connectivity index (χ2v) is 7.69. The maximum absolute atomic E-state index is 13.0. The fraction of sp³-hybridized carbons (Fsp3) is 0.364. The van der Waals surface area contributed by atoms with E-state index in [1.165, 1.54) is 5.69 Å². The summed E-state index contributed by atoms with van der Waals surface area (Å²) in [7, 11) is 0. The number of amides is 2. The molecule has 0 aliphatic carbocycles. The quantitative estimate of drug-likeness (QED) is 0.875. The molecule has 3 aliphatic rings. The molecule has 28 heavy (non-hydrogen) atoms. The molecule has 0 radical (unpaired) electrons. The monoisotopic (exact) mass is 376 g/mol. The number of para-hydroxylation sites is 1. The molecule has 1 atom stereocenters. The van der Waals surface area contributed by atoms with Gasteiger partial charge in [-0.2, -0.15) is 0 Å². The van der Waals surface area contributed by atoms with Gasteiger partial charge in [0.2, 0.25) is 5.91 Å². The van der Waals surface area contributed by atoms with E-state index in [2.05, 4.69) is 27.2 Å². The van der Waals surface area contributed by atoms with Gasteiger partial charge in [-0.05, 0) is 43.2 Å². The molecule has 0 saturated carbocycles. The predicted octanol–water partition coefficient (Wildman–Crippen LogP) is 2.57. The van der Waals surface area contributed by atoms with Crippen molar-refractivity contribution < 1.29 is 9.59 Å². The van der Waals surface area contributed by atoms with Gasteiger partial charge in [0.25, 0.3) is 5.91 Å². The van der Waals surface area contributed by atoms with E-state index in [9.17, 15) is 9.59 Å². The Balaban J connectivity index is 1.30. The van der Waals surface area contributed by atoms with Crippen molar-refractivity contribution in [3.63, 3.8) is 0 Å². The molecule has 1 N–H and O–H groups in total. The average Bonchev–Trinajstić information content (AvgIpc) is 3.25. The second-order valence-electron chi connectivity index (χ2n) is 7.69. The number of hydrogen-bond acceptors (Lipinski definition) is 4. The van der Waals surface area contributed by atoms with Gasteiger partial charge in [-0.1, -0.05) is 18.2 Å². The summed E-state index contributed by atoms with van der Waals surface area (Å²) in [6, 6.07) is 16.0. The van der Waals surface area contributed by atoms with Crippen LogP contribution in [0.3, 0.4) is 0 Å². The largest absolute Gasteiger partial charge is 0.368 e. The molecule has 3 heterocycles. The zero-order valence-corrected chi connectivity index (χ0v) is 15.8. The number of carbonyl (C=O) groups is 2. The highest BCUT2D eigenvalue weighted by molar-refractivity contribution is 6.06. The number of piperazine rings is 1. The SMILES string of the molecule is O=C1Nc2cc(C(=O)N3CCN(c4ccccc4)CC3)ccc2N2CCC[C@@H]12. The number of nitrogens with zero attached hydrogens (tertiary/aromatic N) is 3. The van der Waals surface area contributed by atoms with Crippen LogP contribution in [-0.4, -0.2) is 55.5 Å². The van der Waals surface area contributed by atoms with Crippen LogP contribution < -0.4 is 15.1 Å². The molecular weight excluding hydrogens is 352 g/mol. The first-order chi connectivity index (χ1) is 13.7. The Morgan fingerprint density at radius 1 is 0.964 bits per heavy atom. The van der Waals surface area contributed by atoms with E-state index in [0.29, 0.717) is 18.7 Å². The molecule has 5 rings (SSSR count). The fourth-order valence-corrected chi connectivity index (χ4v) is 4.55. The van der Waals surface area contributed by atoms with Crippen LogP contribution in [0.2, 0.25) is 0 Å². The number of anilines is 3. The summed E-state index contributed by atoms with van der Waals surface area (Å²) in [5.74, 6) is 0.0828. The third-order valence-corrected chi connectivity index (χ3v) is 6.05. The first-order valence-corrected chi connectivity index (χ1v) is 10.0. The Bertz CT molecular complexity index is 906. The van der Waals surface area contributed by atoms with Crippen LogP contribution in [0.4, 0.5) is 17.1 Å². The van der Waals surface area contributed by atoms with Crippen molar-refractivity contribution in [1.82, 2.24) is 4.90 Å². The van der Waals surface area contributed by atoms with Crippen LogP contribution in [0, 0.1) is 0 Å². The number of hydrogen-bond donors (Lipinski definition) is 1. The summed E-state index contributed by atoms with van der Waals surface area (Å²) in [4.78, 5) is 31.7. The Labute approximate surface area is 164 Å². The van der Waals surface area contributed by atoms with Crippen molar-refractivity contribution in [3.8, 4) is 0 Å². The fourth-order valence-electron chi connectivity index (χ4n) is 4.55. The van der Waals surface area contributed by atoms with Crippen molar-refractivity contribution in [2.24, 2.45) is 0 Å². The van der Waals surface area contributed by atoms with Gasteiger partial charge in [-0.3, -0.25) is 9.59 Å². The molecule has 0 unspecified atom stereocenters. The van der Waals surface area contributed by atoms with E-state index in [0.717, 1.165) is 43.9 Å². The lowest BCUT2D eigenvalue weighted by Gasteiger charge is -2.36. The van der Waals surface area contributed by atoms with Gasteiger partial charge in [0.05, 0.1) is 11.4 Å². The molecule has 6 heteroatoms. The summed E-state index contributed by atoms with van der Waals surface area (Å²) in [6.07, 6.45) is 1.93. The van der Waals surface area contributed by atoms with Crippen LogP contribution in [0.1, 0.15) is 23.2 Å². The maximum atomic E-state index is 13.0. The van der Waals surface area contributed by atoms with Crippen molar-refractivity contribution in [1.29, 1.82) is 0 Å². The Kier molecular flexibility index (Phi) is 4.19. The highest BCUT2D eigenvalue weighted by atomic mass is 16.2. The van der Waals surface area contributed by atoms with Crippen molar-refractivity contribution in [2.75, 3.05) is 47.8 Å². The van der Waals surface area contributed by atoms with Gasteiger partial charge in [0, 0.05) is 44.0 Å². The molecule has 3 aliphatic heterocycles. The van der Waals surface area contributed by atoms with Gasteiger partial charge in [0.1, 0.15) is 6.04 Å². The van der Waals surface area contributed by atoms with Gasteiger partial charge in [-0.15, -0.1) is 0 Å². The highest BCUT2D eigenvalue weighted by Gasteiger charge is 2.36. The van der Waals surface area contributed by atoms with Crippen LogP contribution in [0.25, 0.3) is 0 Å². The summed E-state index contributed by atoms with van der Waals surface area (Å²) in [5.41, 5.74) is 3.64. The van der Waals surface area contributed by atoms with Gasteiger partial charge < -0.3 is 20.0 Å². The number of fused-ring (bicyclic) bond motifs is 3.